The van der Waals surface area contributed by atoms with Gasteiger partial charge in [0, 0.05) is 34.4 Å². The van der Waals surface area contributed by atoms with Crippen LogP contribution in [-0.4, -0.2) is 24.9 Å². The van der Waals surface area contributed by atoms with Crippen LogP contribution in [0, 0.1) is 10.1 Å². The molecule has 6 aromatic carbocycles. The first kappa shape index (κ1) is 27.9. The van der Waals surface area contributed by atoms with Gasteiger partial charge in [0.15, 0.2) is 0 Å². The minimum Gasteiger partial charge on any atom is -0.258 e. The zero-order chi connectivity index (χ0) is 31.7. The van der Waals surface area contributed by atoms with E-state index < -0.39 is 4.92 Å². The third kappa shape index (κ3) is 5.36. The zero-order valence-electron chi connectivity index (χ0n) is 25.0. The Hall–Kier alpha value is -6.60. The molecule has 222 valence electrons. The largest absolute Gasteiger partial charge is 0.269 e. The lowest BCUT2D eigenvalue weighted by Gasteiger charge is -2.13. The lowest BCUT2D eigenvalue weighted by molar-refractivity contribution is -0.384. The SMILES string of the molecule is O=[N+]([O-])c1ccc(-c2nc3cc(-c4ccc5nc(-c6ccccc6)c(-c6ccccc6)nc5c4)ccc3nc2-c2ccccc2)cc1. The second-order valence-electron chi connectivity index (χ2n) is 11.2. The summed E-state index contributed by atoms with van der Waals surface area (Å²) in [5.74, 6) is 0. The van der Waals surface area contributed by atoms with Crippen LogP contribution in [0.25, 0.3) is 78.2 Å². The van der Waals surface area contributed by atoms with Crippen LogP contribution in [0.3, 0.4) is 0 Å². The van der Waals surface area contributed by atoms with Crippen molar-refractivity contribution in [2.75, 3.05) is 0 Å². The summed E-state index contributed by atoms with van der Waals surface area (Å²) in [6, 6.07) is 48.7. The average Bonchev–Trinajstić information content (AvgIpc) is 3.14. The number of rotatable bonds is 6. The molecule has 2 aromatic heterocycles. The van der Waals surface area contributed by atoms with Gasteiger partial charge in [0.25, 0.3) is 5.69 Å². The highest BCUT2D eigenvalue weighted by Gasteiger charge is 2.17. The first-order valence-electron chi connectivity index (χ1n) is 15.2. The Balaban J connectivity index is 1.26. The van der Waals surface area contributed by atoms with Gasteiger partial charge in [-0.05, 0) is 47.5 Å². The van der Waals surface area contributed by atoms with Crippen LogP contribution in [0.5, 0.6) is 0 Å². The Bertz CT molecular complexity index is 2420. The molecule has 0 amide bonds. The summed E-state index contributed by atoms with van der Waals surface area (Å²) in [7, 11) is 0. The van der Waals surface area contributed by atoms with Gasteiger partial charge in [-0.2, -0.15) is 0 Å². The minimum absolute atomic E-state index is 0.0248. The lowest BCUT2D eigenvalue weighted by atomic mass is 10.0. The van der Waals surface area contributed by atoms with Gasteiger partial charge in [-0.3, -0.25) is 10.1 Å². The standard InChI is InChI=1S/C40H25N5O2/c46-45(47)32-20-16-29(17-21-32)40-38(27-12-6-2-7-13-27)42-34-23-19-31(25-36(34)44-40)30-18-22-33-35(24-30)43-39(28-14-8-3-9-15-28)37(41-33)26-10-4-1-5-11-26/h1-25H. The third-order valence-corrected chi connectivity index (χ3v) is 8.16. The van der Waals surface area contributed by atoms with Gasteiger partial charge in [0.05, 0.1) is 49.8 Å². The van der Waals surface area contributed by atoms with Crippen molar-refractivity contribution in [2.24, 2.45) is 0 Å². The number of nitrogens with zero attached hydrogens (tertiary/aromatic N) is 5. The summed E-state index contributed by atoms with van der Waals surface area (Å²) >= 11 is 0. The van der Waals surface area contributed by atoms with Crippen molar-refractivity contribution in [2.45, 2.75) is 0 Å². The summed E-state index contributed by atoms with van der Waals surface area (Å²) in [5, 5.41) is 11.3. The number of aromatic nitrogens is 4. The van der Waals surface area contributed by atoms with Crippen LogP contribution in [0.1, 0.15) is 0 Å². The van der Waals surface area contributed by atoms with E-state index in [0.717, 1.165) is 61.3 Å². The minimum atomic E-state index is -0.403. The molecular formula is C40H25N5O2. The Labute approximate surface area is 270 Å². The molecule has 0 unspecified atom stereocenters. The van der Waals surface area contributed by atoms with Gasteiger partial charge in [-0.1, -0.05) is 103 Å². The summed E-state index contributed by atoms with van der Waals surface area (Å²) in [6.45, 7) is 0. The van der Waals surface area contributed by atoms with Gasteiger partial charge in [-0.25, -0.2) is 19.9 Å². The van der Waals surface area contributed by atoms with E-state index in [1.165, 1.54) is 12.1 Å². The average molecular weight is 608 g/mol. The molecule has 7 nitrogen and oxygen atoms in total. The fourth-order valence-corrected chi connectivity index (χ4v) is 5.80. The van der Waals surface area contributed by atoms with Gasteiger partial charge >= 0.3 is 0 Å². The highest BCUT2D eigenvalue weighted by molar-refractivity contribution is 5.92. The summed E-state index contributed by atoms with van der Waals surface area (Å²) in [4.78, 5) is 31.2. The van der Waals surface area contributed by atoms with Gasteiger partial charge < -0.3 is 0 Å². The Kier molecular flexibility index (Phi) is 6.96. The maximum absolute atomic E-state index is 11.3. The number of nitro groups is 1. The van der Waals surface area contributed by atoms with E-state index >= 15 is 0 Å². The van der Waals surface area contributed by atoms with E-state index in [-0.39, 0.29) is 5.69 Å². The number of hydrogen-bond donors (Lipinski definition) is 0. The first-order valence-corrected chi connectivity index (χ1v) is 15.2. The molecule has 0 saturated heterocycles. The van der Waals surface area contributed by atoms with E-state index in [2.05, 4.69) is 36.4 Å². The summed E-state index contributed by atoms with van der Waals surface area (Å²) in [5.41, 5.74) is 11.7. The van der Waals surface area contributed by atoms with Crippen LogP contribution >= 0.6 is 0 Å². The van der Waals surface area contributed by atoms with E-state index in [4.69, 9.17) is 19.9 Å². The Morgan fingerprint density at radius 3 is 1.04 bits per heavy atom. The first-order chi connectivity index (χ1) is 23.1. The van der Waals surface area contributed by atoms with Crippen molar-refractivity contribution in [3.63, 3.8) is 0 Å². The van der Waals surface area contributed by atoms with Crippen molar-refractivity contribution in [3.05, 3.63) is 162 Å². The van der Waals surface area contributed by atoms with Crippen molar-refractivity contribution >= 4 is 27.8 Å². The van der Waals surface area contributed by atoms with Crippen molar-refractivity contribution in [3.8, 4) is 56.2 Å². The maximum Gasteiger partial charge on any atom is 0.269 e. The predicted octanol–water partition coefficient (Wildman–Crippen LogP) is 9.82. The van der Waals surface area contributed by atoms with Crippen molar-refractivity contribution in [1.29, 1.82) is 0 Å². The molecule has 0 aliphatic carbocycles. The molecular weight excluding hydrogens is 582 g/mol. The number of benzene rings is 6. The van der Waals surface area contributed by atoms with Gasteiger partial charge in [-0.15, -0.1) is 0 Å². The van der Waals surface area contributed by atoms with Crippen LogP contribution in [0.15, 0.2) is 152 Å². The van der Waals surface area contributed by atoms with Crippen LogP contribution in [-0.2, 0) is 0 Å². The molecule has 0 atom stereocenters. The second-order valence-corrected chi connectivity index (χ2v) is 11.2. The number of non-ortho nitro benzene ring substituents is 1. The van der Waals surface area contributed by atoms with E-state index in [9.17, 15) is 10.1 Å². The molecule has 0 radical (unpaired) electrons. The molecule has 0 bridgehead atoms. The highest BCUT2D eigenvalue weighted by Crippen LogP contribution is 2.35. The molecule has 0 aliphatic heterocycles. The van der Waals surface area contributed by atoms with Gasteiger partial charge in [0.1, 0.15) is 0 Å². The molecule has 8 aromatic rings. The van der Waals surface area contributed by atoms with Crippen LogP contribution in [0.4, 0.5) is 5.69 Å². The fraction of sp³-hybridized carbons (Fsp3) is 0. The quantitative estimate of drug-likeness (QED) is 0.138. The molecule has 47 heavy (non-hydrogen) atoms. The molecule has 0 saturated carbocycles. The Morgan fingerprint density at radius 1 is 0.362 bits per heavy atom. The molecule has 0 N–H and O–H groups in total. The van der Waals surface area contributed by atoms with Crippen LogP contribution < -0.4 is 0 Å². The number of fused-ring (bicyclic) bond motifs is 2. The smallest absolute Gasteiger partial charge is 0.258 e. The predicted molar refractivity (Wildman–Crippen MR) is 186 cm³/mol. The second kappa shape index (κ2) is 11.7. The molecule has 7 heteroatoms. The molecule has 2 heterocycles. The Morgan fingerprint density at radius 2 is 0.681 bits per heavy atom. The molecule has 0 fully saturated rings. The molecule has 8 rings (SSSR count). The molecule has 0 spiro atoms. The van der Waals surface area contributed by atoms with E-state index in [1.54, 1.807) is 12.1 Å². The normalized spacial score (nSPS) is 11.1. The number of nitro benzene ring substituents is 1. The summed E-state index contributed by atoms with van der Waals surface area (Å²) < 4.78 is 0. The monoisotopic (exact) mass is 607 g/mol. The maximum atomic E-state index is 11.3. The third-order valence-electron chi connectivity index (χ3n) is 8.16. The van der Waals surface area contributed by atoms with Crippen molar-refractivity contribution < 1.29 is 4.92 Å². The zero-order valence-corrected chi connectivity index (χ0v) is 25.0. The fourth-order valence-electron chi connectivity index (χ4n) is 5.80. The highest BCUT2D eigenvalue weighted by atomic mass is 16.6. The lowest BCUT2D eigenvalue weighted by Crippen LogP contribution is -1.97. The topological polar surface area (TPSA) is 94.7 Å². The van der Waals surface area contributed by atoms with E-state index in [1.807, 2.05) is 91.0 Å². The van der Waals surface area contributed by atoms with E-state index in [0.29, 0.717) is 16.9 Å². The van der Waals surface area contributed by atoms with Crippen LogP contribution in [0.2, 0.25) is 0 Å². The number of hydrogen-bond acceptors (Lipinski definition) is 6. The van der Waals surface area contributed by atoms with Gasteiger partial charge in [0.2, 0.25) is 0 Å². The summed E-state index contributed by atoms with van der Waals surface area (Å²) in [6.07, 6.45) is 0. The molecule has 0 aliphatic rings. The van der Waals surface area contributed by atoms with Crippen molar-refractivity contribution in [1.82, 2.24) is 19.9 Å².